The van der Waals surface area contributed by atoms with E-state index < -0.39 is 6.10 Å². The Kier molecular flexibility index (Phi) is 4.42. The number of carbonyl (C=O) groups excluding carboxylic acids is 1. The number of aryl methyl sites for hydroxylation is 1. The molecule has 3 heterocycles. The SMILES string of the molecule is Cc1cc2c(nc1N1CC[C@@H](Oc3cccc(C#N)c3)[C@H](O)C1)CNC2=O. The second-order valence-corrected chi connectivity index (χ2v) is 6.90. The van der Waals surface area contributed by atoms with Crippen LogP contribution in [0.3, 0.4) is 0 Å². The zero-order chi connectivity index (χ0) is 19.0. The average molecular weight is 364 g/mol. The maximum absolute atomic E-state index is 11.8. The molecule has 2 aliphatic heterocycles. The molecule has 0 unspecified atom stereocenters. The van der Waals surface area contributed by atoms with Crippen LogP contribution in [0.4, 0.5) is 5.82 Å². The molecule has 0 radical (unpaired) electrons. The molecule has 1 fully saturated rings. The monoisotopic (exact) mass is 364 g/mol. The lowest BCUT2D eigenvalue weighted by atomic mass is 10.0. The van der Waals surface area contributed by atoms with Crippen molar-refractivity contribution in [2.24, 2.45) is 0 Å². The number of amides is 1. The van der Waals surface area contributed by atoms with Gasteiger partial charge in [-0.05, 0) is 36.8 Å². The van der Waals surface area contributed by atoms with Crippen LogP contribution >= 0.6 is 0 Å². The highest BCUT2D eigenvalue weighted by Crippen LogP contribution is 2.27. The molecule has 2 aromatic rings. The van der Waals surface area contributed by atoms with Gasteiger partial charge in [-0.25, -0.2) is 4.98 Å². The van der Waals surface area contributed by atoms with E-state index in [0.717, 1.165) is 17.1 Å². The third kappa shape index (κ3) is 3.32. The van der Waals surface area contributed by atoms with Gasteiger partial charge in [0.1, 0.15) is 23.8 Å². The zero-order valence-corrected chi connectivity index (χ0v) is 15.0. The predicted octanol–water partition coefficient (Wildman–Crippen LogP) is 1.52. The van der Waals surface area contributed by atoms with E-state index in [1.54, 1.807) is 24.3 Å². The lowest BCUT2D eigenvalue weighted by Crippen LogP contribution is -2.49. The van der Waals surface area contributed by atoms with Gasteiger partial charge < -0.3 is 20.1 Å². The Morgan fingerprint density at radius 3 is 3.04 bits per heavy atom. The molecule has 2 N–H and O–H groups in total. The van der Waals surface area contributed by atoms with Crippen LogP contribution in [0.25, 0.3) is 0 Å². The first kappa shape index (κ1) is 17.3. The topological polar surface area (TPSA) is 98.5 Å². The predicted molar refractivity (Wildman–Crippen MR) is 98.6 cm³/mol. The van der Waals surface area contributed by atoms with Gasteiger partial charge in [0.15, 0.2) is 0 Å². The number of carbonyl (C=O) groups is 1. The lowest BCUT2D eigenvalue weighted by molar-refractivity contribution is 0.0240. The molecule has 0 saturated carbocycles. The number of hydrogen-bond acceptors (Lipinski definition) is 6. The Bertz CT molecular complexity index is 937. The maximum Gasteiger partial charge on any atom is 0.253 e. The van der Waals surface area contributed by atoms with Crippen molar-refractivity contribution < 1.29 is 14.6 Å². The summed E-state index contributed by atoms with van der Waals surface area (Å²) in [4.78, 5) is 18.5. The number of anilines is 1. The van der Waals surface area contributed by atoms with Gasteiger partial charge >= 0.3 is 0 Å². The molecule has 4 rings (SSSR count). The molecule has 138 valence electrons. The maximum atomic E-state index is 11.8. The number of rotatable bonds is 3. The van der Waals surface area contributed by atoms with E-state index in [0.29, 0.717) is 42.9 Å². The molecule has 0 bridgehead atoms. The number of nitrogens with zero attached hydrogens (tertiary/aromatic N) is 3. The third-order valence-corrected chi connectivity index (χ3v) is 5.00. The number of nitriles is 1. The first-order valence-electron chi connectivity index (χ1n) is 8.93. The van der Waals surface area contributed by atoms with E-state index in [9.17, 15) is 9.90 Å². The minimum absolute atomic E-state index is 0.0844. The molecule has 1 saturated heterocycles. The van der Waals surface area contributed by atoms with Crippen molar-refractivity contribution in [3.05, 3.63) is 52.7 Å². The van der Waals surface area contributed by atoms with Gasteiger partial charge in [0.25, 0.3) is 5.91 Å². The fourth-order valence-corrected chi connectivity index (χ4v) is 3.60. The van der Waals surface area contributed by atoms with Crippen LogP contribution in [0, 0.1) is 18.3 Å². The molecule has 0 aliphatic carbocycles. The molecule has 0 spiro atoms. The summed E-state index contributed by atoms with van der Waals surface area (Å²) in [5.41, 5.74) is 2.83. The van der Waals surface area contributed by atoms with Crippen LogP contribution in [-0.4, -0.2) is 41.3 Å². The summed E-state index contributed by atoms with van der Waals surface area (Å²) in [5.74, 6) is 1.30. The largest absolute Gasteiger partial charge is 0.488 e. The molecule has 2 atom stereocenters. The van der Waals surface area contributed by atoms with E-state index in [-0.39, 0.29) is 12.0 Å². The Labute approximate surface area is 157 Å². The van der Waals surface area contributed by atoms with Crippen LogP contribution in [0.1, 0.15) is 33.6 Å². The van der Waals surface area contributed by atoms with Crippen molar-refractivity contribution in [1.82, 2.24) is 10.3 Å². The summed E-state index contributed by atoms with van der Waals surface area (Å²) in [7, 11) is 0. The second-order valence-electron chi connectivity index (χ2n) is 6.90. The van der Waals surface area contributed by atoms with Gasteiger partial charge in [0.05, 0.1) is 29.4 Å². The minimum atomic E-state index is -0.682. The quantitative estimate of drug-likeness (QED) is 0.857. The van der Waals surface area contributed by atoms with Crippen molar-refractivity contribution in [2.75, 3.05) is 18.0 Å². The summed E-state index contributed by atoms with van der Waals surface area (Å²) >= 11 is 0. The Morgan fingerprint density at radius 1 is 1.41 bits per heavy atom. The van der Waals surface area contributed by atoms with Crippen molar-refractivity contribution in [2.45, 2.75) is 32.1 Å². The first-order valence-corrected chi connectivity index (χ1v) is 8.93. The van der Waals surface area contributed by atoms with Crippen molar-refractivity contribution in [3.63, 3.8) is 0 Å². The van der Waals surface area contributed by atoms with Gasteiger partial charge in [-0.2, -0.15) is 5.26 Å². The van der Waals surface area contributed by atoms with E-state index in [2.05, 4.69) is 16.4 Å². The normalized spacial score (nSPS) is 21.4. The second kappa shape index (κ2) is 6.89. The molecule has 2 aliphatic rings. The van der Waals surface area contributed by atoms with Crippen LogP contribution < -0.4 is 15.0 Å². The van der Waals surface area contributed by atoms with Crippen LogP contribution in [-0.2, 0) is 6.54 Å². The Balaban J connectivity index is 1.47. The number of aromatic nitrogens is 1. The average Bonchev–Trinajstić information content (AvgIpc) is 3.03. The molecular formula is C20H20N4O3. The molecule has 1 aromatic carbocycles. The number of pyridine rings is 1. The number of piperidine rings is 1. The van der Waals surface area contributed by atoms with Gasteiger partial charge in [-0.1, -0.05) is 6.07 Å². The standard InChI is InChI=1S/C20H20N4O3/c1-12-7-15-16(10-22-20(15)26)23-19(12)24-6-5-18(17(25)11-24)27-14-4-2-3-13(8-14)9-21/h2-4,7-8,17-18,25H,5-6,10-11H2,1H3,(H,22,26)/t17-,18-/m1/s1. The molecule has 7 nitrogen and oxygen atoms in total. The van der Waals surface area contributed by atoms with E-state index in [1.165, 1.54) is 0 Å². The number of fused-ring (bicyclic) bond motifs is 1. The van der Waals surface area contributed by atoms with Crippen LogP contribution in [0.15, 0.2) is 30.3 Å². The summed E-state index contributed by atoms with van der Waals surface area (Å²) in [5, 5.41) is 22.4. The molecule has 27 heavy (non-hydrogen) atoms. The number of nitrogens with one attached hydrogen (secondary N) is 1. The van der Waals surface area contributed by atoms with Crippen LogP contribution in [0.2, 0.25) is 0 Å². The summed E-state index contributed by atoms with van der Waals surface area (Å²) in [6.45, 7) is 3.46. The fourth-order valence-electron chi connectivity index (χ4n) is 3.60. The highest BCUT2D eigenvalue weighted by atomic mass is 16.5. The highest BCUT2D eigenvalue weighted by Gasteiger charge is 2.32. The Morgan fingerprint density at radius 2 is 2.26 bits per heavy atom. The van der Waals surface area contributed by atoms with Gasteiger partial charge in [0, 0.05) is 19.5 Å². The zero-order valence-electron chi connectivity index (χ0n) is 15.0. The number of β-amino-alcohol motifs (C(OH)–C–C–N with tert-alkyl or cyclic N) is 1. The van der Waals surface area contributed by atoms with Crippen molar-refractivity contribution in [3.8, 4) is 11.8 Å². The fraction of sp³-hybridized carbons (Fsp3) is 0.350. The van der Waals surface area contributed by atoms with E-state index in [4.69, 9.17) is 10.00 Å². The van der Waals surface area contributed by atoms with E-state index in [1.807, 2.05) is 17.9 Å². The molecule has 7 heteroatoms. The molecular weight excluding hydrogens is 344 g/mol. The van der Waals surface area contributed by atoms with Crippen LogP contribution in [0.5, 0.6) is 5.75 Å². The first-order chi connectivity index (χ1) is 13.0. The number of aliphatic hydroxyl groups is 1. The number of ether oxygens (including phenoxy) is 1. The summed E-state index contributed by atoms with van der Waals surface area (Å²) in [6, 6.07) is 10.9. The molecule has 1 aromatic heterocycles. The van der Waals surface area contributed by atoms with E-state index >= 15 is 0 Å². The minimum Gasteiger partial charge on any atom is -0.488 e. The number of aliphatic hydroxyl groups excluding tert-OH is 1. The number of benzene rings is 1. The van der Waals surface area contributed by atoms with Crippen molar-refractivity contribution in [1.29, 1.82) is 5.26 Å². The highest BCUT2D eigenvalue weighted by molar-refractivity contribution is 5.98. The third-order valence-electron chi connectivity index (χ3n) is 5.00. The number of hydrogen-bond donors (Lipinski definition) is 2. The smallest absolute Gasteiger partial charge is 0.253 e. The van der Waals surface area contributed by atoms with Gasteiger partial charge in [0.2, 0.25) is 0 Å². The lowest BCUT2D eigenvalue weighted by Gasteiger charge is -2.37. The Hall–Kier alpha value is -3.11. The van der Waals surface area contributed by atoms with Gasteiger partial charge in [-0.15, -0.1) is 0 Å². The van der Waals surface area contributed by atoms with Crippen molar-refractivity contribution >= 4 is 11.7 Å². The summed E-state index contributed by atoms with van der Waals surface area (Å²) < 4.78 is 5.91. The summed E-state index contributed by atoms with van der Waals surface area (Å²) in [6.07, 6.45) is -0.389. The van der Waals surface area contributed by atoms with Gasteiger partial charge in [-0.3, -0.25) is 4.79 Å². The molecule has 1 amide bonds.